The molecule has 0 aliphatic carbocycles. The van der Waals surface area contributed by atoms with E-state index in [1.807, 2.05) is 123 Å². The van der Waals surface area contributed by atoms with E-state index in [9.17, 15) is 14.5 Å². The average molecular weight is 1300 g/mol. The normalized spacial score (nSPS) is 10.6. The van der Waals surface area contributed by atoms with Crippen LogP contribution in [-0.4, -0.2) is 31.5 Å². The first-order valence-corrected chi connectivity index (χ1v) is 27.9. The smallest absolute Gasteiger partial charge is 0.311 e. The van der Waals surface area contributed by atoms with Gasteiger partial charge in [0.05, 0.1) is 62.6 Å². The van der Waals surface area contributed by atoms with E-state index in [2.05, 4.69) is 51.8 Å². The molecule has 82 heavy (non-hydrogen) atoms. The summed E-state index contributed by atoms with van der Waals surface area (Å²) in [6, 6.07) is 53.5. The van der Waals surface area contributed by atoms with Crippen LogP contribution in [0.25, 0.3) is 43.6 Å². The van der Waals surface area contributed by atoms with Crippen molar-refractivity contribution >= 4 is 128 Å². The van der Waals surface area contributed by atoms with Gasteiger partial charge in [-0.15, -0.1) is 0 Å². The molecule has 0 N–H and O–H groups in total. The Morgan fingerprint density at radius 2 is 0.866 bits per heavy atom. The lowest BCUT2D eigenvalue weighted by atomic mass is 10.2. The highest BCUT2D eigenvalue weighted by atomic mass is 79.9. The predicted molar refractivity (Wildman–Crippen MR) is 331 cm³/mol. The van der Waals surface area contributed by atoms with Gasteiger partial charge in [-0.3, -0.25) is 30.1 Å². The summed E-state index contributed by atoms with van der Waals surface area (Å²) in [7, 11) is 0. The van der Waals surface area contributed by atoms with Gasteiger partial charge in [-0.05, 0) is 179 Å². The quantitative estimate of drug-likeness (QED) is 0.0902. The Bertz CT molecular complexity index is 4240. The summed E-state index contributed by atoms with van der Waals surface area (Å²) >= 11 is 31.1. The van der Waals surface area contributed by atoms with E-state index in [-0.39, 0.29) is 17.3 Å². The fourth-order valence-corrected chi connectivity index (χ4v) is 10.3. The number of pyridine rings is 4. The van der Waals surface area contributed by atoms with Crippen LogP contribution in [0.3, 0.4) is 0 Å². The number of nitro benzene ring substituents is 1. The first kappa shape index (κ1) is 58.5. The Morgan fingerprint density at radius 3 is 1.30 bits per heavy atom. The van der Waals surface area contributed by atoms with Crippen molar-refractivity contribution in [2.24, 2.45) is 0 Å². The summed E-state index contributed by atoms with van der Waals surface area (Å²) in [4.78, 5) is 27.6. The Morgan fingerprint density at radius 1 is 0.463 bits per heavy atom. The molecule has 0 saturated carbocycles. The minimum absolute atomic E-state index is 0.0931. The summed E-state index contributed by atoms with van der Waals surface area (Å²) in [6.45, 7) is 4.64. The maximum absolute atomic E-state index is 13.3. The van der Waals surface area contributed by atoms with E-state index in [0.29, 0.717) is 69.3 Å². The van der Waals surface area contributed by atoms with E-state index >= 15 is 0 Å². The van der Waals surface area contributed by atoms with Crippen LogP contribution >= 0.6 is 78.3 Å². The van der Waals surface area contributed by atoms with E-state index in [1.165, 1.54) is 18.2 Å². The molecule has 12 rings (SSSR count). The molecule has 12 nitrogen and oxygen atoms in total. The van der Waals surface area contributed by atoms with Crippen LogP contribution in [0.4, 0.5) is 10.1 Å². The Balaban J connectivity index is 0.000000132. The highest BCUT2D eigenvalue weighted by molar-refractivity contribution is 9.11. The van der Waals surface area contributed by atoms with Gasteiger partial charge in [0.1, 0.15) is 46.1 Å². The van der Waals surface area contributed by atoms with Crippen molar-refractivity contribution in [3.63, 3.8) is 0 Å². The maximum atomic E-state index is 13.3. The Hall–Kier alpha value is -8.15. The molecule has 4 heterocycles. The topological polar surface area (TPSA) is 141 Å². The number of para-hydroxylation sites is 6. The Kier molecular flexibility index (Phi) is 19.7. The molecular weight excluding hydrogens is 1260 g/mol. The van der Waals surface area contributed by atoms with Gasteiger partial charge >= 0.3 is 5.69 Å². The van der Waals surface area contributed by atoms with E-state index in [4.69, 9.17) is 70.1 Å². The molecule has 12 aromatic rings. The zero-order chi connectivity index (χ0) is 57.7. The number of rotatable bonds is 11. The number of hydrogen-bond acceptors (Lipinski definition) is 11. The molecule has 0 unspecified atom stereocenters. The zero-order valence-corrected chi connectivity index (χ0v) is 49.3. The van der Waals surface area contributed by atoms with Crippen LogP contribution in [0.15, 0.2) is 216 Å². The number of aryl methyl sites for hydroxylation is 1. The molecular formula is C63H42Br2Cl4FN5O7. The molecule has 4 aromatic heterocycles. The second-order valence-corrected chi connectivity index (χ2v) is 20.7. The highest BCUT2D eigenvalue weighted by Gasteiger charge is 2.17. The van der Waals surface area contributed by atoms with Gasteiger partial charge in [0, 0.05) is 52.4 Å². The number of nitrogens with zero attached hydrogens (tertiary/aromatic N) is 5. The van der Waals surface area contributed by atoms with Crippen molar-refractivity contribution in [2.75, 3.05) is 6.61 Å². The number of ether oxygens (including phenoxy) is 5. The van der Waals surface area contributed by atoms with Crippen molar-refractivity contribution in [1.82, 2.24) is 19.9 Å². The van der Waals surface area contributed by atoms with Crippen molar-refractivity contribution < 1.29 is 33.0 Å². The molecule has 19 heteroatoms. The minimum Gasteiger partial charge on any atom is -0.494 e. The number of benzene rings is 8. The number of nitro groups is 1. The number of fused-ring (bicyclic) bond motifs is 4. The lowest BCUT2D eigenvalue weighted by molar-refractivity contribution is -0.385. The van der Waals surface area contributed by atoms with Gasteiger partial charge in [0.15, 0.2) is 5.75 Å². The highest BCUT2D eigenvalue weighted by Crippen LogP contribution is 2.41. The van der Waals surface area contributed by atoms with Gasteiger partial charge < -0.3 is 23.7 Å². The van der Waals surface area contributed by atoms with E-state index in [1.54, 1.807) is 79.4 Å². The van der Waals surface area contributed by atoms with Crippen molar-refractivity contribution in [2.45, 2.75) is 13.8 Å². The third kappa shape index (κ3) is 14.5. The molecule has 8 aromatic carbocycles. The molecule has 0 saturated heterocycles. The largest absolute Gasteiger partial charge is 0.494 e. The minimum atomic E-state index is -0.480. The third-order valence-electron chi connectivity index (χ3n) is 11.8. The van der Waals surface area contributed by atoms with Crippen LogP contribution < -0.4 is 23.7 Å². The van der Waals surface area contributed by atoms with E-state index < -0.39 is 4.92 Å². The van der Waals surface area contributed by atoms with Gasteiger partial charge in [-0.2, -0.15) is 0 Å². The summed E-state index contributed by atoms with van der Waals surface area (Å²) in [5.74, 6) is 5.24. The van der Waals surface area contributed by atoms with Gasteiger partial charge in [0.25, 0.3) is 0 Å². The molecule has 0 amide bonds. The second-order valence-electron chi connectivity index (χ2n) is 17.3. The van der Waals surface area contributed by atoms with Crippen molar-refractivity contribution in [1.29, 1.82) is 0 Å². The number of halogens is 7. The molecule has 0 bridgehead atoms. The second kappa shape index (κ2) is 27.5. The zero-order valence-electron chi connectivity index (χ0n) is 43.1. The molecule has 0 aliphatic rings. The lowest BCUT2D eigenvalue weighted by Gasteiger charge is -2.12. The summed E-state index contributed by atoms with van der Waals surface area (Å²) in [5.41, 5.74) is 3.82. The summed E-state index contributed by atoms with van der Waals surface area (Å²) < 4.78 is 43.2. The van der Waals surface area contributed by atoms with E-state index in [0.717, 1.165) is 61.5 Å². The third-order valence-corrected chi connectivity index (χ3v) is 14.2. The molecule has 0 radical (unpaired) electrons. The predicted octanol–water partition coefficient (Wildman–Crippen LogP) is 21.0. The molecule has 0 fully saturated rings. The average Bonchev–Trinajstić information content (AvgIpc) is 3.68. The fraction of sp³-hybridized carbons (Fsp3) is 0.0476. The standard InChI is InChI=1S/C17H14ClNO2.C16H12ClNO.C15H7Br2ClFNO.C15H9ClN2O3/c1-2-20-12-6-8-13(9-7-12)21-16-10-11-19-17-14(16)4-3-5-15(17)18;1-11-4-2-5-12(10-11)19-15-8-9-18-16-13(15)6-3-7-14(16)17;16-10-6-8(19)7-11(17)15(10)21-13-4-5-20-14-9(13)2-1-3-12(14)18;16-11-5-3-4-10-13(8-9-17-15(10)11)21-14-7-2-1-6-12(14)18(19)20/h3-11H,2H2,1H3;2-10H,1H3;1-7H;1-9H. The number of hydrogen-bond donors (Lipinski definition) is 0. The SMILES string of the molecule is CCOc1ccc(Oc2ccnc3c(Cl)cccc23)cc1.Cc1cccc(Oc2ccnc3c(Cl)cccc23)c1.Fc1cc(Br)c(Oc2ccnc3c(Cl)cccc23)c(Br)c1.O=[N+]([O-])c1ccccc1Oc1ccnc2c(Cl)cccc12. The molecule has 0 aliphatic heterocycles. The molecule has 0 spiro atoms. The fourth-order valence-electron chi connectivity index (χ4n) is 8.07. The van der Waals surface area contributed by atoms with Gasteiger partial charge in [-0.1, -0.05) is 94.9 Å². The summed E-state index contributed by atoms with van der Waals surface area (Å²) in [5, 5.41) is 16.6. The lowest BCUT2D eigenvalue weighted by Crippen LogP contribution is -1.94. The molecule has 410 valence electrons. The monoisotopic (exact) mass is 1300 g/mol. The van der Waals surface area contributed by atoms with Crippen molar-refractivity contribution in [3.8, 4) is 51.7 Å². The molecule has 0 atom stereocenters. The summed E-state index contributed by atoms with van der Waals surface area (Å²) in [6.07, 6.45) is 6.57. The Labute approximate surface area is 506 Å². The first-order valence-electron chi connectivity index (χ1n) is 24.8. The first-order chi connectivity index (χ1) is 39.7. The van der Waals surface area contributed by atoms with Crippen LogP contribution in [0.1, 0.15) is 12.5 Å². The number of aromatic nitrogens is 4. The van der Waals surface area contributed by atoms with Crippen LogP contribution in [0.2, 0.25) is 20.1 Å². The van der Waals surface area contributed by atoms with Crippen molar-refractivity contribution in [3.05, 3.63) is 257 Å². The van der Waals surface area contributed by atoms with Crippen LogP contribution in [-0.2, 0) is 0 Å². The van der Waals surface area contributed by atoms with Crippen LogP contribution in [0.5, 0.6) is 51.7 Å². The van der Waals surface area contributed by atoms with Crippen LogP contribution in [0, 0.1) is 22.9 Å². The van der Waals surface area contributed by atoms with Gasteiger partial charge in [-0.25, -0.2) is 4.39 Å². The van der Waals surface area contributed by atoms with Gasteiger partial charge in [0.2, 0.25) is 5.75 Å². The maximum Gasteiger partial charge on any atom is 0.311 e.